The lowest BCUT2D eigenvalue weighted by molar-refractivity contribution is -0.138. The van der Waals surface area contributed by atoms with E-state index in [2.05, 4.69) is 15.5 Å². The predicted octanol–water partition coefficient (Wildman–Crippen LogP) is 3.61. The number of nitrogens with one attached hydrogen (secondary N) is 2. The molecule has 2 aromatic carbocycles. The molecule has 2 N–H and O–H groups in total. The molecule has 0 aromatic heterocycles. The van der Waals surface area contributed by atoms with Gasteiger partial charge in [0.1, 0.15) is 5.75 Å². The summed E-state index contributed by atoms with van der Waals surface area (Å²) in [7, 11) is 1.55. The number of nitrogens with zero attached hydrogens (tertiary/aromatic N) is 2. The number of carbonyl (C=O) groups excluding carboxylic acids is 3. The van der Waals surface area contributed by atoms with Gasteiger partial charge in [-0.2, -0.15) is 0 Å². The molecular weight excluding hydrogens is 444 g/mol. The van der Waals surface area contributed by atoms with Crippen molar-refractivity contribution in [2.45, 2.75) is 32.1 Å². The molecule has 1 saturated carbocycles. The van der Waals surface area contributed by atoms with Crippen molar-refractivity contribution in [2.24, 2.45) is 5.92 Å². The number of piperazine rings is 1. The number of anilines is 2. The Kier molecular flexibility index (Phi) is 8.36. The minimum atomic E-state index is -0.256. The standard InChI is InChI=1S/C27H34N4O4/c1-35-24-10-6-5-9-23(24)29-26(33)20-11-13-22(14-12-20)28-25(32)19-30-15-17-31(18-16-30)27(34)21-7-3-2-4-8-21/h5-6,9-14,21H,2-4,7-8,15-19H2,1H3,(H,28,32)(H,29,33). The molecule has 2 fully saturated rings. The summed E-state index contributed by atoms with van der Waals surface area (Å²) in [4.78, 5) is 41.9. The van der Waals surface area contributed by atoms with E-state index in [-0.39, 0.29) is 24.3 Å². The summed E-state index contributed by atoms with van der Waals surface area (Å²) >= 11 is 0. The van der Waals surface area contributed by atoms with Crippen LogP contribution in [0.5, 0.6) is 5.75 Å². The second kappa shape index (κ2) is 11.8. The molecule has 186 valence electrons. The fraction of sp³-hybridized carbons (Fsp3) is 0.444. The van der Waals surface area contributed by atoms with Crippen molar-refractivity contribution >= 4 is 29.1 Å². The number of amides is 3. The third-order valence-corrected chi connectivity index (χ3v) is 6.79. The molecule has 0 atom stereocenters. The van der Waals surface area contributed by atoms with Crippen molar-refractivity contribution < 1.29 is 19.1 Å². The van der Waals surface area contributed by atoms with E-state index in [9.17, 15) is 14.4 Å². The molecule has 4 rings (SSSR count). The lowest BCUT2D eigenvalue weighted by Crippen LogP contribution is -2.52. The Bertz CT molecular complexity index is 1030. The fourth-order valence-electron chi connectivity index (χ4n) is 4.79. The number of hydrogen-bond acceptors (Lipinski definition) is 5. The van der Waals surface area contributed by atoms with E-state index >= 15 is 0 Å². The zero-order chi connectivity index (χ0) is 24.6. The first-order valence-electron chi connectivity index (χ1n) is 12.4. The van der Waals surface area contributed by atoms with Gasteiger partial charge in [-0.05, 0) is 49.2 Å². The quantitative estimate of drug-likeness (QED) is 0.635. The highest BCUT2D eigenvalue weighted by Gasteiger charge is 2.28. The number of hydrogen-bond donors (Lipinski definition) is 2. The Morgan fingerprint density at radius 1 is 0.886 bits per heavy atom. The Morgan fingerprint density at radius 3 is 2.26 bits per heavy atom. The van der Waals surface area contributed by atoms with Crippen molar-refractivity contribution in [1.29, 1.82) is 0 Å². The second-order valence-electron chi connectivity index (χ2n) is 9.22. The van der Waals surface area contributed by atoms with Gasteiger partial charge in [-0.3, -0.25) is 19.3 Å². The first-order chi connectivity index (χ1) is 17.0. The summed E-state index contributed by atoms with van der Waals surface area (Å²) in [6.07, 6.45) is 5.59. The average Bonchev–Trinajstić information content (AvgIpc) is 2.90. The van der Waals surface area contributed by atoms with Crippen LogP contribution in [0, 0.1) is 5.92 Å². The highest BCUT2D eigenvalue weighted by atomic mass is 16.5. The number of ether oxygens (including phenoxy) is 1. The van der Waals surface area contributed by atoms with E-state index in [1.54, 1.807) is 43.5 Å². The smallest absolute Gasteiger partial charge is 0.255 e. The summed E-state index contributed by atoms with van der Waals surface area (Å²) < 4.78 is 5.27. The monoisotopic (exact) mass is 478 g/mol. The van der Waals surface area contributed by atoms with Crippen molar-refractivity contribution in [3.63, 3.8) is 0 Å². The van der Waals surface area contributed by atoms with Crippen LogP contribution in [0.4, 0.5) is 11.4 Å². The van der Waals surface area contributed by atoms with E-state index in [4.69, 9.17) is 4.74 Å². The number of carbonyl (C=O) groups is 3. The first kappa shape index (κ1) is 24.7. The Labute approximate surface area is 206 Å². The van der Waals surface area contributed by atoms with Gasteiger partial charge < -0.3 is 20.3 Å². The number of methoxy groups -OCH3 is 1. The van der Waals surface area contributed by atoms with Gasteiger partial charge in [0.2, 0.25) is 11.8 Å². The highest BCUT2D eigenvalue weighted by Crippen LogP contribution is 2.26. The lowest BCUT2D eigenvalue weighted by atomic mass is 9.88. The molecule has 1 heterocycles. The molecule has 1 aliphatic heterocycles. The van der Waals surface area contributed by atoms with Crippen molar-refractivity contribution in [2.75, 3.05) is 50.5 Å². The van der Waals surface area contributed by atoms with Gasteiger partial charge in [0.25, 0.3) is 5.91 Å². The Morgan fingerprint density at radius 2 is 1.57 bits per heavy atom. The molecule has 0 radical (unpaired) electrons. The summed E-state index contributed by atoms with van der Waals surface area (Å²) in [6.45, 7) is 3.04. The summed E-state index contributed by atoms with van der Waals surface area (Å²) in [5.41, 5.74) is 1.71. The normalized spacial score (nSPS) is 17.0. The molecule has 8 heteroatoms. The van der Waals surface area contributed by atoms with Gasteiger partial charge in [-0.25, -0.2) is 0 Å². The second-order valence-corrected chi connectivity index (χ2v) is 9.22. The third-order valence-electron chi connectivity index (χ3n) is 6.79. The molecule has 2 aliphatic rings. The fourth-order valence-corrected chi connectivity index (χ4v) is 4.79. The molecule has 0 spiro atoms. The van der Waals surface area contributed by atoms with Crippen molar-refractivity contribution in [3.05, 3.63) is 54.1 Å². The van der Waals surface area contributed by atoms with Gasteiger partial charge in [-0.1, -0.05) is 31.4 Å². The summed E-state index contributed by atoms with van der Waals surface area (Å²) in [5, 5.41) is 5.73. The third kappa shape index (κ3) is 6.60. The molecule has 0 unspecified atom stereocenters. The molecule has 2 aromatic rings. The largest absolute Gasteiger partial charge is 0.495 e. The van der Waals surface area contributed by atoms with Crippen LogP contribution in [0.2, 0.25) is 0 Å². The maximum atomic E-state index is 12.7. The van der Waals surface area contributed by atoms with Gasteiger partial charge in [0.05, 0.1) is 19.3 Å². The van der Waals surface area contributed by atoms with Crippen LogP contribution in [-0.4, -0.2) is 67.4 Å². The molecule has 3 amide bonds. The van der Waals surface area contributed by atoms with Crippen LogP contribution in [0.1, 0.15) is 42.5 Å². The number of benzene rings is 2. The highest BCUT2D eigenvalue weighted by molar-refractivity contribution is 6.05. The lowest BCUT2D eigenvalue weighted by Gasteiger charge is -2.36. The van der Waals surface area contributed by atoms with Crippen LogP contribution in [-0.2, 0) is 9.59 Å². The van der Waals surface area contributed by atoms with Crippen LogP contribution >= 0.6 is 0 Å². The predicted molar refractivity (Wildman–Crippen MR) is 136 cm³/mol. The SMILES string of the molecule is COc1ccccc1NC(=O)c1ccc(NC(=O)CN2CCN(C(=O)C3CCCCC3)CC2)cc1. The molecule has 35 heavy (non-hydrogen) atoms. The van der Waals surface area contributed by atoms with Gasteiger partial charge in [-0.15, -0.1) is 0 Å². The zero-order valence-corrected chi connectivity index (χ0v) is 20.3. The van der Waals surface area contributed by atoms with Crippen LogP contribution in [0.15, 0.2) is 48.5 Å². The topological polar surface area (TPSA) is 91.0 Å². The van der Waals surface area contributed by atoms with Gasteiger partial charge in [0.15, 0.2) is 0 Å². The van der Waals surface area contributed by atoms with Gasteiger partial charge >= 0.3 is 0 Å². The van der Waals surface area contributed by atoms with E-state index in [0.29, 0.717) is 54.8 Å². The van der Waals surface area contributed by atoms with Crippen molar-refractivity contribution in [1.82, 2.24) is 9.80 Å². The number of rotatable bonds is 7. The average molecular weight is 479 g/mol. The zero-order valence-electron chi connectivity index (χ0n) is 20.3. The minimum Gasteiger partial charge on any atom is -0.495 e. The molecule has 8 nitrogen and oxygen atoms in total. The molecular formula is C27H34N4O4. The Hall–Kier alpha value is -3.39. The van der Waals surface area contributed by atoms with Gasteiger partial charge in [0, 0.05) is 43.3 Å². The van der Waals surface area contributed by atoms with Crippen molar-refractivity contribution in [3.8, 4) is 5.75 Å². The number of para-hydroxylation sites is 2. The van der Waals surface area contributed by atoms with Crippen LogP contribution in [0.25, 0.3) is 0 Å². The molecule has 1 saturated heterocycles. The van der Waals surface area contributed by atoms with E-state index in [1.807, 2.05) is 17.0 Å². The molecule has 0 bridgehead atoms. The van der Waals surface area contributed by atoms with Crippen LogP contribution in [0.3, 0.4) is 0 Å². The summed E-state index contributed by atoms with van der Waals surface area (Å²) in [6, 6.07) is 14.0. The maximum Gasteiger partial charge on any atom is 0.255 e. The maximum absolute atomic E-state index is 12.7. The van der Waals surface area contributed by atoms with Crippen LogP contribution < -0.4 is 15.4 Å². The molecule has 1 aliphatic carbocycles. The van der Waals surface area contributed by atoms with E-state index < -0.39 is 0 Å². The first-order valence-corrected chi connectivity index (χ1v) is 12.4. The Balaban J connectivity index is 1.22. The minimum absolute atomic E-state index is 0.108. The van der Waals surface area contributed by atoms with E-state index in [1.165, 1.54) is 6.42 Å². The summed E-state index contributed by atoms with van der Waals surface area (Å²) in [5.74, 6) is 0.710. The van der Waals surface area contributed by atoms with E-state index in [0.717, 1.165) is 25.7 Å².